The molecule has 1 heterocycles. The molecule has 1 fully saturated rings. The zero-order valence-corrected chi connectivity index (χ0v) is 12.2. The van der Waals surface area contributed by atoms with E-state index in [-0.39, 0.29) is 0 Å². The van der Waals surface area contributed by atoms with Crippen molar-refractivity contribution in [3.8, 4) is 0 Å². The summed E-state index contributed by atoms with van der Waals surface area (Å²) in [6.07, 6.45) is 8.28. The van der Waals surface area contributed by atoms with Gasteiger partial charge in [-0.05, 0) is 32.5 Å². The SMILES string of the molecule is CCCCCCCN1CCCN(CCCl)CC1. The molecule has 3 heteroatoms. The van der Waals surface area contributed by atoms with E-state index >= 15 is 0 Å². The van der Waals surface area contributed by atoms with Crippen LogP contribution in [-0.2, 0) is 0 Å². The summed E-state index contributed by atoms with van der Waals surface area (Å²) < 4.78 is 0. The quantitative estimate of drug-likeness (QED) is 0.489. The molecular formula is C14H29ClN2. The summed E-state index contributed by atoms with van der Waals surface area (Å²) in [5, 5.41) is 0. The molecule has 0 N–H and O–H groups in total. The summed E-state index contributed by atoms with van der Waals surface area (Å²) in [6.45, 7) is 9.61. The Labute approximate surface area is 112 Å². The number of alkyl halides is 1. The van der Waals surface area contributed by atoms with Crippen molar-refractivity contribution in [3.63, 3.8) is 0 Å². The number of rotatable bonds is 8. The summed E-state index contributed by atoms with van der Waals surface area (Å²) in [5.41, 5.74) is 0. The van der Waals surface area contributed by atoms with Gasteiger partial charge in [-0.1, -0.05) is 32.6 Å². The molecule has 1 aliphatic heterocycles. The minimum atomic E-state index is 0.775. The van der Waals surface area contributed by atoms with E-state index in [1.165, 1.54) is 71.2 Å². The Morgan fingerprint density at radius 3 is 2.12 bits per heavy atom. The first-order chi connectivity index (χ1) is 8.36. The molecule has 0 saturated carbocycles. The highest BCUT2D eigenvalue weighted by Crippen LogP contribution is 2.07. The number of unbranched alkanes of at least 4 members (excludes halogenated alkanes) is 4. The molecular weight excluding hydrogens is 232 g/mol. The zero-order chi connectivity index (χ0) is 12.3. The van der Waals surface area contributed by atoms with Gasteiger partial charge in [-0.3, -0.25) is 0 Å². The van der Waals surface area contributed by atoms with Crippen LogP contribution in [0.4, 0.5) is 0 Å². The maximum atomic E-state index is 5.80. The van der Waals surface area contributed by atoms with Crippen LogP contribution in [0.2, 0.25) is 0 Å². The molecule has 102 valence electrons. The second kappa shape index (κ2) is 10.2. The van der Waals surface area contributed by atoms with E-state index < -0.39 is 0 Å². The monoisotopic (exact) mass is 260 g/mol. The molecule has 1 rings (SSSR count). The second-order valence-electron chi connectivity index (χ2n) is 5.14. The van der Waals surface area contributed by atoms with Gasteiger partial charge in [0.05, 0.1) is 0 Å². The van der Waals surface area contributed by atoms with Gasteiger partial charge >= 0.3 is 0 Å². The van der Waals surface area contributed by atoms with E-state index in [0.29, 0.717) is 0 Å². The molecule has 0 spiro atoms. The first kappa shape index (κ1) is 15.3. The Morgan fingerprint density at radius 1 is 0.824 bits per heavy atom. The third kappa shape index (κ3) is 7.28. The van der Waals surface area contributed by atoms with Crippen molar-refractivity contribution in [2.75, 3.05) is 45.1 Å². The maximum Gasteiger partial charge on any atom is 0.0351 e. The Kier molecular flexibility index (Phi) is 9.13. The fourth-order valence-corrected chi connectivity index (χ4v) is 2.77. The first-order valence-electron chi connectivity index (χ1n) is 7.37. The van der Waals surface area contributed by atoms with Crippen LogP contribution in [0.3, 0.4) is 0 Å². The van der Waals surface area contributed by atoms with Gasteiger partial charge in [0.1, 0.15) is 0 Å². The molecule has 0 bridgehead atoms. The van der Waals surface area contributed by atoms with Crippen LogP contribution in [0.5, 0.6) is 0 Å². The molecule has 0 aromatic carbocycles. The molecule has 0 amide bonds. The van der Waals surface area contributed by atoms with Crippen LogP contribution in [0, 0.1) is 0 Å². The Balaban J connectivity index is 2.05. The van der Waals surface area contributed by atoms with Crippen molar-refractivity contribution in [1.29, 1.82) is 0 Å². The van der Waals surface area contributed by atoms with Gasteiger partial charge in [0.2, 0.25) is 0 Å². The van der Waals surface area contributed by atoms with Crippen LogP contribution in [0.25, 0.3) is 0 Å². The van der Waals surface area contributed by atoms with Gasteiger partial charge < -0.3 is 9.80 Å². The maximum absolute atomic E-state index is 5.80. The van der Waals surface area contributed by atoms with Crippen molar-refractivity contribution >= 4 is 11.6 Å². The lowest BCUT2D eigenvalue weighted by atomic mass is 10.1. The van der Waals surface area contributed by atoms with E-state index in [1.807, 2.05) is 0 Å². The third-order valence-corrected chi connectivity index (χ3v) is 3.83. The Morgan fingerprint density at radius 2 is 1.47 bits per heavy atom. The minimum Gasteiger partial charge on any atom is -0.302 e. The van der Waals surface area contributed by atoms with Gasteiger partial charge in [0.15, 0.2) is 0 Å². The van der Waals surface area contributed by atoms with Gasteiger partial charge in [0.25, 0.3) is 0 Å². The number of nitrogens with zero attached hydrogens (tertiary/aromatic N) is 2. The molecule has 0 radical (unpaired) electrons. The average molecular weight is 261 g/mol. The lowest BCUT2D eigenvalue weighted by molar-refractivity contribution is 0.259. The Hall–Kier alpha value is 0.210. The lowest BCUT2D eigenvalue weighted by Crippen LogP contribution is -2.32. The fraction of sp³-hybridized carbons (Fsp3) is 1.00. The highest BCUT2D eigenvalue weighted by molar-refractivity contribution is 6.18. The predicted octanol–water partition coefficient (Wildman–Crippen LogP) is 3.20. The largest absolute Gasteiger partial charge is 0.302 e. The summed E-state index contributed by atoms with van der Waals surface area (Å²) in [4.78, 5) is 5.14. The molecule has 1 aliphatic rings. The van der Waals surface area contributed by atoms with Gasteiger partial charge in [-0.25, -0.2) is 0 Å². The molecule has 17 heavy (non-hydrogen) atoms. The van der Waals surface area contributed by atoms with Crippen LogP contribution in [0.15, 0.2) is 0 Å². The van der Waals surface area contributed by atoms with Crippen LogP contribution in [0.1, 0.15) is 45.4 Å². The van der Waals surface area contributed by atoms with E-state index in [1.54, 1.807) is 0 Å². The summed E-state index contributed by atoms with van der Waals surface area (Å²) in [5.74, 6) is 0.775. The fourth-order valence-electron chi connectivity index (χ4n) is 2.53. The van der Waals surface area contributed by atoms with Crippen molar-refractivity contribution in [2.45, 2.75) is 45.4 Å². The molecule has 0 aromatic rings. The van der Waals surface area contributed by atoms with Crippen molar-refractivity contribution < 1.29 is 0 Å². The van der Waals surface area contributed by atoms with Gasteiger partial charge in [-0.2, -0.15) is 0 Å². The summed E-state index contributed by atoms with van der Waals surface area (Å²) in [7, 11) is 0. The van der Waals surface area contributed by atoms with E-state index in [9.17, 15) is 0 Å². The predicted molar refractivity (Wildman–Crippen MR) is 77.0 cm³/mol. The minimum absolute atomic E-state index is 0.775. The highest BCUT2D eigenvalue weighted by atomic mass is 35.5. The lowest BCUT2D eigenvalue weighted by Gasteiger charge is -2.21. The molecule has 1 saturated heterocycles. The summed E-state index contributed by atoms with van der Waals surface area (Å²) >= 11 is 5.80. The van der Waals surface area contributed by atoms with Crippen LogP contribution < -0.4 is 0 Å². The average Bonchev–Trinajstić information content (AvgIpc) is 2.55. The molecule has 0 unspecified atom stereocenters. The van der Waals surface area contributed by atoms with E-state index in [4.69, 9.17) is 11.6 Å². The topological polar surface area (TPSA) is 6.48 Å². The van der Waals surface area contributed by atoms with E-state index in [0.717, 1.165) is 12.4 Å². The number of hydrogen-bond donors (Lipinski definition) is 0. The van der Waals surface area contributed by atoms with Gasteiger partial charge in [-0.15, -0.1) is 11.6 Å². The van der Waals surface area contributed by atoms with Crippen LogP contribution in [-0.4, -0.2) is 54.9 Å². The molecule has 0 aromatic heterocycles. The molecule has 2 nitrogen and oxygen atoms in total. The number of halogens is 1. The number of hydrogen-bond acceptors (Lipinski definition) is 2. The standard InChI is InChI=1S/C14H29ClN2/c1-2-3-4-5-6-9-16-10-7-11-17(12-8-15)14-13-16/h2-14H2,1H3. The first-order valence-corrected chi connectivity index (χ1v) is 7.91. The molecule has 0 atom stereocenters. The van der Waals surface area contributed by atoms with Crippen LogP contribution >= 0.6 is 11.6 Å². The second-order valence-corrected chi connectivity index (χ2v) is 5.52. The molecule has 0 aliphatic carbocycles. The normalized spacial score (nSPS) is 19.4. The highest BCUT2D eigenvalue weighted by Gasteiger charge is 2.13. The van der Waals surface area contributed by atoms with E-state index in [2.05, 4.69) is 16.7 Å². The zero-order valence-electron chi connectivity index (χ0n) is 11.5. The third-order valence-electron chi connectivity index (χ3n) is 3.66. The van der Waals surface area contributed by atoms with Crippen molar-refractivity contribution in [2.24, 2.45) is 0 Å². The van der Waals surface area contributed by atoms with Crippen molar-refractivity contribution in [3.05, 3.63) is 0 Å². The van der Waals surface area contributed by atoms with Crippen molar-refractivity contribution in [1.82, 2.24) is 9.80 Å². The summed E-state index contributed by atoms with van der Waals surface area (Å²) in [6, 6.07) is 0. The smallest absolute Gasteiger partial charge is 0.0351 e. The Bertz CT molecular complexity index is 176. The van der Waals surface area contributed by atoms with Gasteiger partial charge in [0, 0.05) is 25.5 Å².